The molecule has 4 aromatic rings. The van der Waals surface area contributed by atoms with Crippen LogP contribution in [0.4, 0.5) is 5.69 Å². The van der Waals surface area contributed by atoms with Crippen molar-refractivity contribution in [3.8, 4) is 0 Å². The molecule has 4 aromatic carbocycles. The van der Waals surface area contributed by atoms with Gasteiger partial charge in [-0.15, -0.1) is 23.2 Å². The lowest BCUT2D eigenvalue weighted by Crippen LogP contribution is -2.57. The molecule has 210 valence electrons. The lowest BCUT2D eigenvalue weighted by Gasteiger charge is -2.54. The first-order valence-corrected chi connectivity index (χ1v) is 15.3. The molecule has 0 unspecified atom stereocenters. The van der Waals surface area contributed by atoms with Crippen LogP contribution in [0.25, 0.3) is 0 Å². The van der Waals surface area contributed by atoms with Gasteiger partial charge >= 0.3 is 0 Å². The van der Waals surface area contributed by atoms with Crippen LogP contribution in [-0.2, 0) is 30.6 Å². The average Bonchev–Trinajstić information content (AvgIpc) is 3.27. The quantitative estimate of drug-likeness (QED) is 0.179. The van der Waals surface area contributed by atoms with Gasteiger partial charge in [0.2, 0.25) is 17.7 Å². The summed E-state index contributed by atoms with van der Waals surface area (Å²) in [4.78, 5) is 41.5. The van der Waals surface area contributed by atoms with E-state index in [0.29, 0.717) is 37.4 Å². The smallest absolute Gasteiger partial charge is 0.248 e. The number of carbonyl (C=O) groups excluding carboxylic acids is 3. The number of anilines is 1. The monoisotopic (exact) mass is 678 g/mol. The summed E-state index contributed by atoms with van der Waals surface area (Å²) in [7, 11) is 0. The van der Waals surface area contributed by atoms with E-state index in [2.05, 4.69) is 21.2 Å². The summed E-state index contributed by atoms with van der Waals surface area (Å²) in [6.07, 6.45) is 0.109. The number of hydrogen-bond acceptors (Lipinski definition) is 3. The van der Waals surface area contributed by atoms with Gasteiger partial charge in [0, 0.05) is 16.6 Å². The van der Waals surface area contributed by atoms with Crippen LogP contribution in [0, 0.1) is 11.8 Å². The van der Waals surface area contributed by atoms with Crippen molar-refractivity contribution in [2.24, 2.45) is 11.8 Å². The molecule has 4 aliphatic rings. The second-order valence-electron chi connectivity index (χ2n) is 10.8. The highest BCUT2D eigenvalue weighted by atomic mass is 79.9. The molecule has 0 saturated carbocycles. The first-order valence-electron chi connectivity index (χ1n) is 13.4. The number of imide groups is 1. The predicted molar refractivity (Wildman–Crippen MR) is 167 cm³/mol. The molecule has 0 spiro atoms. The second-order valence-corrected chi connectivity index (χ2v) is 13.3. The first kappa shape index (κ1) is 27.7. The molecule has 3 atom stereocenters. The Morgan fingerprint density at radius 3 is 1.74 bits per heavy atom. The van der Waals surface area contributed by atoms with E-state index in [4.69, 9.17) is 34.8 Å². The zero-order valence-corrected chi connectivity index (χ0v) is 25.7. The molecule has 3 aliphatic carbocycles. The van der Waals surface area contributed by atoms with Gasteiger partial charge in [-0.3, -0.25) is 19.3 Å². The minimum absolute atomic E-state index is 0.109. The zero-order valence-electron chi connectivity index (χ0n) is 21.9. The number of carbonyl (C=O) groups is 3. The summed E-state index contributed by atoms with van der Waals surface area (Å²) in [5.74, 6) is -3.55. The van der Waals surface area contributed by atoms with Crippen molar-refractivity contribution >= 4 is 74.1 Å². The summed E-state index contributed by atoms with van der Waals surface area (Å²) in [5.41, 5.74) is 4.05. The van der Waals surface area contributed by atoms with Gasteiger partial charge in [-0.05, 0) is 61.9 Å². The Kier molecular flexibility index (Phi) is 6.55. The van der Waals surface area contributed by atoms with Crippen LogP contribution in [0.2, 0.25) is 5.02 Å². The van der Waals surface area contributed by atoms with Crippen LogP contribution in [0.3, 0.4) is 0 Å². The Hall–Kier alpha value is -3.16. The number of likely N-dealkylation sites (tertiary alicyclic amines) is 1. The van der Waals surface area contributed by atoms with Crippen molar-refractivity contribution in [2.45, 2.75) is 22.2 Å². The molecular weight excluding hydrogens is 659 g/mol. The molecule has 1 aliphatic heterocycles. The lowest BCUT2D eigenvalue weighted by atomic mass is 9.54. The SMILES string of the molecule is O=C(Nc1ccc(Br)c(Cl)c1)[C@H](Cc1ccccc1)N1C(=O)[C@@H]2[C@@H](C1=O)C1(Cl)c3ccccc3C2(Cl)c2ccccc21. The molecule has 9 heteroatoms. The van der Waals surface area contributed by atoms with E-state index in [1.807, 2.05) is 78.9 Å². The maximum absolute atomic E-state index is 14.5. The number of alkyl halides is 2. The summed E-state index contributed by atoms with van der Waals surface area (Å²) in [6, 6.07) is 28.0. The predicted octanol–water partition coefficient (Wildman–Crippen LogP) is 7.25. The molecule has 1 saturated heterocycles. The van der Waals surface area contributed by atoms with Crippen LogP contribution >= 0.6 is 50.7 Å². The number of nitrogens with zero attached hydrogens (tertiary/aromatic N) is 1. The Morgan fingerprint density at radius 2 is 1.26 bits per heavy atom. The van der Waals surface area contributed by atoms with Gasteiger partial charge in [0.1, 0.15) is 15.8 Å². The van der Waals surface area contributed by atoms with Gasteiger partial charge in [-0.1, -0.05) is 90.5 Å². The summed E-state index contributed by atoms with van der Waals surface area (Å²) < 4.78 is 0.673. The summed E-state index contributed by atoms with van der Waals surface area (Å²) >= 11 is 24.8. The molecule has 3 amide bonds. The van der Waals surface area contributed by atoms with Crippen LogP contribution in [0.15, 0.2) is 102 Å². The topological polar surface area (TPSA) is 66.5 Å². The number of nitrogens with one attached hydrogen (secondary N) is 1. The van der Waals surface area contributed by atoms with Crippen molar-refractivity contribution in [2.75, 3.05) is 5.32 Å². The highest BCUT2D eigenvalue weighted by Crippen LogP contribution is 2.69. The number of amides is 3. The average molecular weight is 681 g/mol. The summed E-state index contributed by atoms with van der Waals surface area (Å²) in [5, 5.41) is 3.27. The van der Waals surface area contributed by atoms with E-state index < -0.39 is 45.3 Å². The fraction of sp³-hybridized carbons (Fsp3) is 0.182. The molecule has 5 nitrogen and oxygen atoms in total. The maximum Gasteiger partial charge on any atom is 0.248 e. The Morgan fingerprint density at radius 1 is 0.786 bits per heavy atom. The lowest BCUT2D eigenvalue weighted by molar-refractivity contribution is -0.146. The van der Waals surface area contributed by atoms with Crippen molar-refractivity contribution < 1.29 is 14.4 Å². The third-order valence-electron chi connectivity index (χ3n) is 8.69. The molecular formula is C33H22BrCl3N2O3. The van der Waals surface area contributed by atoms with E-state index in [1.54, 1.807) is 18.2 Å². The maximum atomic E-state index is 14.5. The van der Waals surface area contributed by atoms with Crippen molar-refractivity contribution in [1.29, 1.82) is 0 Å². The van der Waals surface area contributed by atoms with Gasteiger partial charge in [0.25, 0.3) is 0 Å². The van der Waals surface area contributed by atoms with E-state index >= 15 is 0 Å². The van der Waals surface area contributed by atoms with E-state index in [1.165, 1.54) is 0 Å². The number of hydrogen-bond donors (Lipinski definition) is 1. The Labute approximate surface area is 265 Å². The third kappa shape index (κ3) is 3.78. The van der Waals surface area contributed by atoms with Crippen LogP contribution < -0.4 is 5.32 Å². The van der Waals surface area contributed by atoms with Gasteiger partial charge < -0.3 is 5.32 Å². The zero-order chi connectivity index (χ0) is 29.4. The highest BCUT2D eigenvalue weighted by Gasteiger charge is 2.73. The molecule has 2 bridgehead atoms. The van der Waals surface area contributed by atoms with Gasteiger partial charge in [-0.25, -0.2) is 0 Å². The normalized spacial score (nSPS) is 26.0. The first-order chi connectivity index (χ1) is 20.2. The molecule has 8 rings (SSSR count). The number of rotatable bonds is 5. The third-order valence-corrected chi connectivity index (χ3v) is 11.2. The number of halogens is 4. The van der Waals surface area contributed by atoms with Crippen LogP contribution in [0.1, 0.15) is 27.8 Å². The van der Waals surface area contributed by atoms with Crippen LogP contribution in [0.5, 0.6) is 0 Å². The molecule has 1 heterocycles. The number of benzene rings is 4. The fourth-order valence-electron chi connectivity index (χ4n) is 6.93. The molecule has 42 heavy (non-hydrogen) atoms. The van der Waals surface area contributed by atoms with Crippen LogP contribution in [-0.4, -0.2) is 28.7 Å². The van der Waals surface area contributed by atoms with Crippen molar-refractivity contribution in [3.05, 3.63) is 134 Å². The molecule has 0 aromatic heterocycles. The second kappa shape index (κ2) is 9.95. The largest absolute Gasteiger partial charge is 0.324 e. The fourth-order valence-corrected chi connectivity index (χ4v) is 8.46. The summed E-state index contributed by atoms with van der Waals surface area (Å²) in [6.45, 7) is 0. The van der Waals surface area contributed by atoms with Gasteiger partial charge in [0.05, 0.1) is 16.9 Å². The van der Waals surface area contributed by atoms with Crippen molar-refractivity contribution in [3.63, 3.8) is 0 Å². The van der Waals surface area contributed by atoms with E-state index in [0.717, 1.165) is 10.5 Å². The Balaban J connectivity index is 1.36. The Bertz CT molecular complexity index is 1680. The van der Waals surface area contributed by atoms with E-state index in [9.17, 15) is 14.4 Å². The van der Waals surface area contributed by atoms with Gasteiger partial charge in [-0.2, -0.15) is 0 Å². The standard InChI is InChI=1S/C33H22BrCl3N2O3/c34-24-15-14-19(17-25(24)35)38-29(40)26(16-18-8-2-1-3-9-18)39-30(41)27-28(31(39)42)33(37)21-11-5-4-10-20(21)32(27,36)22-12-6-7-13-23(22)33/h1-15,17,26-28H,16H2,(H,38,40)/t26-,27-,28-,32?,33?/m0/s1. The van der Waals surface area contributed by atoms with Crippen molar-refractivity contribution in [1.82, 2.24) is 4.90 Å². The van der Waals surface area contributed by atoms with E-state index in [-0.39, 0.29) is 6.42 Å². The minimum atomic E-state index is -1.33. The molecule has 1 N–H and O–H groups in total. The molecule has 0 radical (unpaired) electrons. The highest BCUT2D eigenvalue weighted by molar-refractivity contribution is 9.10. The minimum Gasteiger partial charge on any atom is -0.324 e. The van der Waals surface area contributed by atoms with Gasteiger partial charge in [0.15, 0.2) is 0 Å². The molecule has 1 fully saturated rings.